The van der Waals surface area contributed by atoms with Crippen molar-refractivity contribution in [1.29, 1.82) is 0 Å². The Morgan fingerprint density at radius 3 is 2.14 bits per heavy atom. The van der Waals surface area contributed by atoms with E-state index in [1.807, 2.05) is 0 Å². The third-order valence-corrected chi connectivity index (χ3v) is 6.83. The molecular formula is C20H19F9N4O3. The molecule has 4 rings (SSSR count). The van der Waals surface area contributed by atoms with E-state index >= 15 is 0 Å². The van der Waals surface area contributed by atoms with Crippen LogP contribution in [0.2, 0.25) is 0 Å². The predicted molar refractivity (Wildman–Crippen MR) is 99.9 cm³/mol. The number of rotatable bonds is 2. The maximum Gasteiger partial charge on any atom is 0.451 e. The first-order valence-electron chi connectivity index (χ1n) is 10.8. The first-order chi connectivity index (χ1) is 16.5. The molecular weight excluding hydrogens is 515 g/mol. The third kappa shape index (κ3) is 5.16. The van der Waals surface area contributed by atoms with Gasteiger partial charge in [0.15, 0.2) is 0 Å². The highest BCUT2D eigenvalue weighted by molar-refractivity contribution is 5.83. The molecule has 2 amide bonds. The topological polar surface area (TPSA) is 75.6 Å². The van der Waals surface area contributed by atoms with Gasteiger partial charge in [0.05, 0.1) is 12.2 Å². The zero-order chi connectivity index (χ0) is 26.7. The maximum absolute atomic E-state index is 13.0. The lowest BCUT2D eigenvalue weighted by molar-refractivity contribution is -0.308. The second-order valence-electron chi connectivity index (χ2n) is 9.13. The standard InChI is InChI=1S/C20H19F9N4O3/c21-18(22,23)14(19(24,25)26)36-16(35)32-5-2-17(3-6-32)7-11(17)13(34)33-4-1-10-8-30-15(20(27,28)29)31-12(10)9-33/h8,11,14H,1-7,9H2/t11-/m1/s1. The Labute approximate surface area is 197 Å². The van der Waals surface area contributed by atoms with Gasteiger partial charge in [-0.1, -0.05) is 0 Å². The molecule has 1 aromatic rings. The van der Waals surface area contributed by atoms with Crippen molar-refractivity contribution in [2.75, 3.05) is 19.6 Å². The Morgan fingerprint density at radius 1 is 0.972 bits per heavy atom. The van der Waals surface area contributed by atoms with Crippen LogP contribution in [-0.4, -0.2) is 69.9 Å². The summed E-state index contributed by atoms with van der Waals surface area (Å²) in [4.78, 5) is 33.9. The summed E-state index contributed by atoms with van der Waals surface area (Å²) in [6.45, 7) is -0.297. The van der Waals surface area contributed by atoms with Gasteiger partial charge in [0, 0.05) is 31.7 Å². The number of aromatic nitrogens is 2. The fourth-order valence-electron chi connectivity index (χ4n) is 4.73. The number of carbonyl (C=O) groups excluding carboxylic acids is 2. The first-order valence-corrected chi connectivity index (χ1v) is 10.8. The minimum Gasteiger partial charge on any atom is -0.426 e. The molecule has 2 fully saturated rings. The lowest BCUT2D eigenvalue weighted by atomic mass is 9.90. The Balaban J connectivity index is 1.34. The molecule has 0 aromatic carbocycles. The summed E-state index contributed by atoms with van der Waals surface area (Å²) in [6.07, 6.45) is -20.3. The summed E-state index contributed by atoms with van der Waals surface area (Å²) in [5.41, 5.74) is 0.0122. The van der Waals surface area contributed by atoms with Crippen LogP contribution in [0.1, 0.15) is 36.3 Å². The van der Waals surface area contributed by atoms with E-state index in [0.29, 0.717) is 12.0 Å². The van der Waals surface area contributed by atoms with Crippen molar-refractivity contribution in [3.05, 3.63) is 23.3 Å². The first kappa shape index (κ1) is 26.3. The summed E-state index contributed by atoms with van der Waals surface area (Å²) in [5.74, 6) is -2.15. The van der Waals surface area contributed by atoms with Crippen LogP contribution in [0.25, 0.3) is 0 Å². The van der Waals surface area contributed by atoms with Gasteiger partial charge in [-0.15, -0.1) is 0 Å². The highest BCUT2D eigenvalue weighted by Gasteiger charge is 2.62. The minimum atomic E-state index is -5.82. The van der Waals surface area contributed by atoms with Gasteiger partial charge in [0.25, 0.3) is 6.10 Å². The van der Waals surface area contributed by atoms with E-state index in [4.69, 9.17) is 0 Å². The summed E-state index contributed by atoms with van der Waals surface area (Å²) in [5, 5.41) is 0. The van der Waals surface area contributed by atoms with Gasteiger partial charge in [0.2, 0.25) is 11.7 Å². The van der Waals surface area contributed by atoms with Crippen molar-refractivity contribution in [2.45, 2.75) is 56.9 Å². The van der Waals surface area contributed by atoms with Gasteiger partial charge >= 0.3 is 24.6 Å². The number of ether oxygens (including phenoxy) is 1. The molecule has 36 heavy (non-hydrogen) atoms. The van der Waals surface area contributed by atoms with Gasteiger partial charge in [0.1, 0.15) is 0 Å². The molecule has 200 valence electrons. The number of amides is 2. The number of alkyl halides is 9. The van der Waals surface area contributed by atoms with Crippen molar-refractivity contribution >= 4 is 12.0 Å². The molecule has 0 bridgehead atoms. The Morgan fingerprint density at radius 2 is 1.58 bits per heavy atom. The molecule has 2 aliphatic heterocycles. The average molecular weight is 534 g/mol. The number of hydrogen-bond donors (Lipinski definition) is 0. The number of piperidine rings is 1. The van der Waals surface area contributed by atoms with Crippen LogP contribution in [0.5, 0.6) is 0 Å². The van der Waals surface area contributed by atoms with Crippen LogP contribution in [0, 0.1) is 11.3 Å². The van der Waals surface area contributed by atoms with Crippen LogP contribution in [-0.2, 0) is 28.7 Å². The molecule has 0 radical (unpaired) electrons. The van der Waals surface area contributed by atoms with Crippen LogP contribution < -0.4 is 0 Å². The van der Waals surface area contributed by atoms with Gasteiger partial charge in [-0.3, -0.25) is 4.79 Å². The lowest BCUT2D eigenvalue weighted by Crippen LogP contribution is -2.49. The molecule has 0 N–H and O–H groups in total. The molecule has 1 aromatic heterocycles. The average Bonchev–Trinajstić information content (AvgIpc) is 3.47. The Hall–Kier alpha value is -2.81. The smallest absolute Gasteiger partial charge is 0.426 e. The van der Waals surface area contributed by atoms with E-state index in [9.17, 15) is 49.1 Å². The third-order valence-electron chi connectivity index (χ3n) is 6.83. The van der Waals surface area contributed by atoms with E-state index in [-0.39, 0.29) is 57.0 Å². The number of halogens is 9. The van der Waals surface area contributed by atoms with Crippen LogP contribution in [0.4, 0.5) is 44.3 Å². The van der Waals surface area contributed by atoms with E-state index in [0.717, 1.165) is 11.1 Å². The zero-order valence-electron chi connectivity index (χ0n) is 18.3. The summed E-state index contributed by atoms with van der Waals surface area (Å²) >= 11 is 0. The normalized spacial score (nSPS) is 22.0. The Kier molecular flexibility index (Phi) is 6.30. The summed E-state index contributed by atoms with van der Waals surface area (Å²) < 4.78 is 118. The van der Waals surface area contributed by atoms with E-state index in [1.54, 1.807) is 0 Å². The van der Waals surface area contributed by atoms with E-state index < -0.39 is 47.9 Å². The number of nitrogens with zero attached hydrogens (tertiary/aromatic N) is 4. The highest BCUT2D eigenvalue weighted by atomic mass is 19.4. The number of carbonyl (C=O) groups is 2. The quantitative estimate of drug-likeness (QED) is 0.534. The van der Waals surface area contributed by atoms with Gasteiger partial charge in [-0.05, 0) is 36.7 Å². The summed E-state index contributed by atoms with van der Waals surface area (Å²) in [6, 6.07) is 0. The summed E-state index contributed by atoms with van der Waals surface area (Å²) in [7, 11) is 0. The monoisotopic (exact) mass is 534 g/mol. The zero-order valence-corrected chi connectivity index (χ0v) is 18.3. The van der Waals surface area contributed by atoms with E-state index in [2.05, 4.69) is 14.7 Å². The van der Waals surface area contributed by atoms with Crippen molar-refractivity contribution in [3.63, 3.8) is 0 Å². The molecule has 1 saturated carbocycles. The number of likely N-dealkylation sites (tertiary alicyclic amines) is 1. The molecule has 16 heteroatoms. The van der Waals surface area contributed by atoms with E-state index in [1.165, 1.54) is 4.90 Å². The fraction of sp³-hybridized carbons (Fsp3) is 0.700. The molecule has 3 aliphatic rings. The predicted octanol–water partition coefficient (Wildman–Crippen LogP) is 4.11. The largest absolute Gasteiger partial charge is 0.451 e. The fourth-order valence-corrected chi connectivity index (χ4v) is 4.73. The van der Waals surface area contributed by atoms with Crippen LogP contribution in [0.15, 0.2) is 6.20 Å². The van der Waals surface area contributed by atoms with Gasteiger partial charge < -0.3 is 14.5 Å². The molecule has 1 saturated heterocycles. The molecule has 7 nitrogen and oxygen atoms in total. The SMILES string of the molecule is O=C(OC(C(F)(F)F)C(F)(F)F)N1CCC2(CC1)C[C@@H]2C(=O)N1CCc2cnc(C(F)(F)F)nc2C1. The molecule has 1 atom stereocenters. The van der Waals surface area contributed by atoms with Gasteiger partial charge in [-0.25, -0.2) is 14.8 Å². The number of fused-ring (bicyclic) bond motifs is 1. The van der Waals surface area contributed by atoms with Crippen molar-refractivity contribution < 1.29 is 53.8 Å². The molecule has 3 heterocycles. The number of hydrogen-bond acceptors (Lipinski definition) is 5. The van der Waals surface area contributed by atoms with Crippen LogP contribution in [0.3, 0.4) is 0 Å². The second-order valence-corrected chi connectivity index (χ2v) is 9.13. The molecule has 1 aliphatic carbocycles. The second kappa shape index (κ2) is 8.64. The van der Waals surface area contributed by atoms with Gasteiger partial charge in [-0.2, -0.15) is 39.5 Å². The van der Waals surface area contributed by atoms with Crippen molar-refractivity contribution in [2.24, 2.45) is 11.3 Å². The lowest BCUT2D eigenvalue weighted by Gasteiger charge is -2.34. The molecule has 0 unspecified atom stereocenters. The van der Waals surface area contributed by atoms with Crippen molar-refractivity contribution in [3.8, 4) is 0 Å². The maximum atomic E-state index is 13.0. The van der Waals surface area contributed by atoms with Crippen molar-refractivity contribution in [1.82, 2.24) is 19.8 Å². The van der Waals surface area contributed by atoms with Crippen LogP contribution >= 0.6 is 0 Å². The molecule has 1 spiro atoms. The minimum absolute atomic E-state index is 0.0908. The Bertz CT molecular complexity index is 1020. The highest BCUT2D eigenvalue weighted by Crippen LogP contribution is 2.60.